The van der Waals surface area contributed by atoms with Gasteiger partial charge in [-0.15, -0.1) is 10.2 Å². The normalized spacial score (nSPS) is 18.9. The van der Waals surface area contributed by atoms with Crippen LogP contribution in [0.5, 0.6) is 0 Å². The van der Waals surface area contributed by atoms with Gasteiger partial charge in [0.1, 0.15) is 0 Å². The average molecular weight is 434 g/mol. The van der Waals surface area contributed by atoms with Gasteiger partial charge >= 0.3 is 0 Å². The highest BCUT2D eigenvalue weighted by molar-refractivity contribution is 7.15. The Balaban J connectivity index is 1.38. The highest BCUT2D eigenvalue weighted by Crippen LogP contribution is 2.24. The lowest BCUT2D eigenvalue weighted by Crippen LogP contribution is -2.45. The first-order valence-corrected chi connectivity index (χ1v) is 10.7. The van der Waals surface area contributed by atoms with Gasteiger partial charge in [0.2, 0.25) is 15.9 Å². The van der Waals surface area contributed by atoms with Crippen molar-refractivity contribution in [1.82, 2.24) is 20.4 Å². The van der Waals surface area contributed by atoms with Crippen molar-refractivity contribution in [3.05, 3.63) is 39.3 Å². The molecule has 0 unspecified atom stereocenters. The molecular formula is C19H20ClN5O3S. The number of rotatable bonds is 5. The molecule has 1 atom stereocenters. The number of likely N-dealkylation sites (tertiary alicyclic amines) is 1. The van der Waals surface area contributed by atoms with Crippen LogP contribution in [-0.4, -0.2) is 52.0 Å². The van der Waals surface area contributed by atoms with Crippen LogP contribution in [0, 0.1) is 5.92 Å². The quantitative estimate of drug-likeness (QED) is 0.754. The summed E-state index contributed by atoms with van der Waals surface area (Å²) in [6, 6.07) is 7.05. The van der Waals surface area contributed by atoms with Gasteiger partial charge < -0.3 is 15.5 Å². The fraction of sp³-hybridized carbons (Fsp3) is 0.421. The molecule has 2 aliphatic rings. The molecule has 10 heteroatoms. The van der Waals surface area contributed by atoms with Gasteiger partial charge in [-0.3, -0.25) is 14.4 Å². The predicted octanol–water partition coefficient (Wildman–Crippen LogP) is 2.57. The topological polar surface area (TPSA) is 104 Å². The largest absolute Gasteiger partial charge is 0.353 e. The van der Waals surface area contributed by atoms with E-state index in [9.17, 15) is 14.4 Å². The minimum Gasteiger partial charge on any atom is -0.353 e. The van der Waals surface area contributed by atoms with E-state index in [2.05, 4.69) is 20.8 Å². The van der Waals surface area contributed by atoms with Crippen LogP contribution in [0.25, 0.3) is 0 Å². The summed E-state index contributed by atoms with van der Waals surface area (Å²) in [4.78, 5) is 39.1. The molecule has 2 fully saturated rings. The molecule has 152 valence electrons. The van der Waals surface area contributed by atoms with Gasteiger partial charge in [-0.05, 0) is 43.9 Å². The Hall–Kier alpha value is -2.52. The second kappa shape index (κ2) is 8.46. The number of piperidine rings is 1. The van der Waals surface area contributed by atoms with Gasteiger partial charge in [0, 0.05) is 29.8 Å². The van der Waals surface area contributed by atoms with Crippen LogP contribution >= 0.6 is 22.9 Å². The Morgan fingerprint density at radius 2 is 1.93 bits per heavy atom. The van der Waals surface area contributed by atoms with Gasteiger partial charge in [-0.2, -0.15) is 0 Å². The van der Waals surface area contributed by atoms with Crippen LogP contribution in [0.3, 0.4) is 0 Å². The molecule has 1 saturated heterocycles. The van der Waals surface area contributed by atoms with Gasteiger partial charge in [0.15, 0.2) is 0 Å². The molecule has 29 heavy (non-hydrogen) atoms. The Morgan fingerprint density at radius 1 is 1.14 bits per heavy atom. The van der Waals surface area contributed by atoms with Crippen molar-refractivity contribution >= 4 is 46.3 Å². The number of carbonyl (C=O) groups is 3. The molecule has 1 saturated carbocycles. The molecule has 2 heterocycles. The zero-order chi connectivity index (χ0) is 20.4. The minimum absolute atomic E-state index is 0.0175. The lowest BCUT2D eigenvalue weighted by Gasteiger charge is -2.31. The van der Waals surface area contributed by atoms with Crippen LogP contribution in [0.4, 0.5) is 5.69 Å². The third-order valence-electron chi connectivity index (χ3n) is 4.89. The number of nitrogens with one attached hydrogen (secondary N) is 2. The maximum Gasteiger partial charge on any atom is 0.286 e. The second-order valence-electron chi connectivity index (χ2n) is 7.25. The fourth-order valence-corrected chi connectivity index (χ4v) is 4.11. The van der Waals surface area contributed by atoms with E-state index in [0.717, 1.165) is 37.0 Å². The molecule has 4 rings (SSSR count). The number of hydrogen-bond donors (Lipinski definition) is 2. The lowest BCUT2D eigenvalue weighted by molar-refractivity contribution is -0.126. The van der Waals surface area contributed by atoms with E-state index < -0.39 is 5.91 Å². The van der Waals surface area contributed by atoms with Crippen molar-refractivity contribution in [2.75, 3.05) is 18.4 Å². The van der Waals surface area contributed by atoms with Crippen molar-refractivity contribution in [1.29, 1.82) is 0 Å². The van der Waals surface area contributed by atoms with Crippen LogP contribution in [-0.2, 0) is 4.79 Å². The molecule has 1 aromatic heterocycles. The summed E-state index contributed by atoms with van der Waals surface area (Å²) in [6.45, 7) is 0.927. The maximum absolute atomic E-state index is 12.8. The van der Waals surface area contributed by atoms with E-state index in [0.29, 0.717) is 29.8 Å². The first kappa shape index (κ1) is 19.8. The number of amides is 3. The van der Waals surface area contributed by atoms with Crippen molar-refractivity contribution in [3.63, 3.8) is 0 Å². The average Bonchev–Trinajstić information content (AvgIpc) is 3.39. The highest BCUT2D eigenvalue weighted by atomic mass is 35.5. The smallest absolute Gasteiger partial charge is 0.286 e. The summed E-state index contributed by atoms with van der Waals surface area (Å²) in [5.74, 6) is -0.937. The first-order valence-electron chi connectivity index (χ1n) is 9.49. The van der Waals surface area contributed by atoms with Crippen LogP contribution < -0.4 is 10.6 Å². The molecule has 2 aromatic rings. The summed E-state index contributed by atoms with van der Waals surface area (Å²) in [7, 11) is 0. The Morgan fingerprint density at radius 3 is 2.69 bits per heavy atom. The Kier molecular flexibility index (Phi) is 5.77. The number of anilines is 1. The van der Waals surface area contributed by atoms with Crippen molar-refractivity contribution in [2.45, 2.75) is 31.7 Å². The SMILES string of the molecule is O=C(Nc1cccc(Cl)c1)c1nnc(C(=O)N2CCC[C@H](C(=O)NC3CC3)C2)s1. The van der Waals surface area contributed by atoms with E-state index in [1.165, 1.54) is 0 Å². The zero-order valence-corrected chi connectivity index (χ0v) is 17.1. The zero-order valence-electron chi connectivity index (χ0n) is 15.6. The molecule has 0 spiro atoms. The van der Waals surface area contributed by atoms with Crippen molar-refractivity contribution < 1.29 is 14.4 Å². The van der Waals surface area contributed by atoms with E-state index >= 15 is 0 Å². The van der Waals surface area contributed by atoms with Crippen molar-refractivity contribution in [2.24, 2.45) is 5.92 Å². The van der Waals surface area contributed by atoms with Crippen molar-refractivity contribution in [3.8, 4) is 0 Å². The summed E-state index contributed by atoms with van der Waals surface area (Å²) < 4.78 is 0. The molecule has 1 aromatic carbocycles. The molecule has 8 nitrogen and oxygen atoms in total. The third kappa shape index (κ3) is 4.91. The Labute approximate surface area is 176 Å². The summed E-state index contributed by atoms with van der Waals surface area (Å²) in [5, 5.41) is 14.2. The number of nitrogens with zero attached hydrogens (tertiary/aromatic N) is 3. The molecule has 1 aliphatic carbocycles. The number of hydrogen-bond acceptors (Lipinski definition) is 6. The van der Waals surface area contributed by atoms with Gasteiger partial charge in [-0.1, -0.05) is 29.0 Å². The number of aromatic nitrogens is 2. The summed E-state index contributed by atoms with van der Waals surface area (Å²) in [5.41, 5.74) is 0.533. The van der Waals surface area contributed by atoms with Crippen LogP contribution in [0.15, 0.2) is 24.3 Å². The van der Waals surface area contributed by atoms with E-state index in [4.69, 9.17) is 11.6 Å². The lowest BCUT2D eigenvalue weighted by atomic mass is 9.97. The van der Waals surface area contributed by atoms with Crippen LogP contribution in [0.2, 0.25) is 5.02 Å². The number of benzene rings is 1. The standard InChI is InChI=1S/C19H20ClN5O3S/c20-12-4-1-5-14(9-12)22-16(27)17-23-24-18(29-17)19(28)25-8-2-3-11(10-25)15(26)21-13-6-7-13/h1,4-5,9,11,13H,2-3,6-8,10H2,(H,21,26)(H,22,27)/t11-/m0/s1. The summed E-state index contributed by atoms with van der Waals surface area (Å²) in [6.07, 6.45) is 3.60. The minimum atomic E-state index is -0.454. The molecule has 0 radical (unpaired) electrons. The first-order chi connectivity index (χ1) is 14.0. The Bertz CT molecular complexity index is 945. The van der Waals surface area contributed by atoms with Crippen LogP contribution in [0.1, 0.15) is 45.3 Å². The predicted molar refractivity (Wildman–Crippen MR) is 109 cm³/mol. The monoisotopic (exact) mass is 433 g/mol. The number of carbonyl (C=O) groups excluding carboxylic acids is 3. The summed E-state index contributed by atoms with van der Waals surface area (Å²) >= 11 is 6.85. The molecule has 0 bridgehead atoms. The fourth-order valence-electron chi connectivity index (χ4n) is 3.21. The molecule has 2 N–H and O–H groups in total. The third-order valence-corrected chi connectivity index (χ3v) is 6.03. The van der Waals surface area contributed by atoms with E-state index in [-0.39, 0.29) is 27.7 Å². The molecule has 1 aliphatic heterocycles. The van der Waals surface area contributed by atoms with Gasteiger partial charge in [0.05, 0.1) is 5.92 Å². The molecular weight excluding hydrogens is 414 g/mol. The van der Waals surface area contributed by atoms with E-state index in [1.807, 2.05) is 0 Å². The highest BCUT2D eigenvalue weighted by Gasteiger charge is 2.33. The second-order valence-corrected chi connectivity index (χ2v) is 8.66. The number of halogens is 1. The molecule has 3 amide bonds. The van der Waals surface area contributed by atoms with Gasteiger partial charge in [0.25, 0.3) is 11.8 Å². The maximum atomic E-state index is 12.8. The van der Waals surface area contributed by atoms with Gasteiger partial charge in [-0.25, -0.2) is 0 Å². The van der Waals surface area contributed by atoms with E-state index in [1.54, 1.807) is 29.2 Å².